The van der Waals surface area contributed by atoms with Gasteiger partial charge in [0.2, 0.25) is 15.9 Å². The summed E-state index contributed by atoms with van der Waals surface area (Å²) in [6, 6.07) is -0.390. The van der Waals surface area contributed by atoms with E-state index in [2.05, 4.69) is 15.2 Å². The van der Waals surface area contributed by atoms with E-state index >= 15 is 0 Å². The number of alkyl halides is 5. The lowest BCUT2D eigenvalue weighted by atomic mass is 10.1. The smallest absolute Gasteiger partial charge is 0.404 e. The molecule has 1 amide bonds. The predicted octanol–water partition coefficient (Wildman–Crippen LogP) is 5.58. The number of amides is 1. The van der Waals surface area contributed by atoms with Crippen LogP contribution in [0.25, 0.3) is 21.3 Å². The van der Waals surface area contributed by atoms with Gasteiger partial charge in [0.15, 0.2) is 5.01 Å². The molecule has 2 N–H and O–H groups in total. The molecular weight excluding hydrogens is 668 g/mol. The van der Waals surface area contributed by atoms with Crippen molar-refractivity contribution in [2.75, 3.05) is 13.1 Å². The number of nitrogens with zero attached hydrogens (tertiary/aromatic N) is 4. The maximum atomic E-state index is 13.8. The minimum absolute atomic E-state index is 0.00955. The zero-order valence-electron chi connectivity index (χ0n) is 22.6. The normalized spacial score (nSPS) is 16.9. The average molecular weight is 693 g/mol. The summed E-state index contributed by atoms with van der Waals surface area (Å²) in [6.45, 7) is 3.10. The summed E-state index contributed by atoms with van der Waals surface area (Å²) in [5.41, 5.74) is -1.46. The van der Waals surface area contributed by atoms with Crippen LogP contribution in [0, 0.1) is 0 Å². The lowest BCUT2D eigenvalue weighted by molar-refractivity contribution is -0.147. The molecule has 2 aromatic heterocycles. The van der Waals surface area contributed by atoms with Crippen molar-refractivity contribution in [2.24, 2.45) is 0 Å². The Morgan fingerprint density at radius 1 is 1.19 bits per heavy atom. The summed E-state index contributed by atoms with van der Waals surface area (Å²) in [6.07, 6.45) is -6.03. The van der Waals surface area contributed by atoms with E-state index in [1.165, 1.54) is 23.5 Å². The molecule has 0 bridgehead atoms. The minimum Gasteiger partial charge on any atom is -0.419 e. The Hall–Kier alpha value is -2.44. The van der Waals surface area contributed by atoms with Crippen LogP contribution in [-0.2, 0) is 16.4 Å². The van der Waals surface area contributed by atoms with Crippen LogP contribution in [0.15, 0.2) is 21.4 Å². The molecule has 1 aliphatic heterocycles. The third-order valence-corrected chi connectivity index (χ3v) is 9.90. The van der Waals surface area contributed by atoms with Crippen molar-refractivity contribution in [3.05, 3.63) is 33.8 Å². The Morgan fingerprint density at radius 2 is 1.81 bits per heavy atom. The molecule has 0 aliphatic carbocycles. The van der Waals surface area contributed by atoms with Crippen molar-refractivity contribution in [3.63, 3.8) is 0 Å². The molecule has 0 saturated carbocycles. The lowest BCUT2D eigenvalue weighted by Crippen LogP contribution is -2.43. The van der Waals surface area contributed by atoms with Crippen LogP contribution in [0.4, 0.5) is 22.0 Å². The van der Waals surface area contributed by atoms with Gasteiger partial charge in [-0.25, -0.2) is 22.2 Å². The number of nitrogens with one attached hydrogen (secondary N) is 1. The fraction of sp³-hybridized carbons (Fsp3) is 0.500. The van der Waals surface area contributed by atoms with Gasteiger partial charge < -0.3 is 14.4 Å². The third-order valence-electron chi connectivity index (χ3n) is 6.25. The molecule has 0 spiro atoms. The van der Waals surface area contributed by atoms with Crippen molar-refractivity contribution in [1.82, 2.24) is 24.8 Å². The van der Waals surface area contributed by atoms with Gasteiger partial charge >= 0.3 is 6.18 Å². The van der Waals surface area contributed by atoms with E-state index in [0.717, 1.165) is 23.5 Å². The summed E-state index contributed by atoms with van der Waals surface area (Å²) in [5, 5.41) is 16.8. The van der Waals surface area contributed by atoms with Crippen LogP contribution in [0.3, 0.4) is 0 Å². The van der Waals surface area contributed by atoms with Gasteiger partial charge in [-0.15, -0.1) is 21.5 Å². The highest BCUT2D eigenvalue weighted by Crippen LogP contribution is 2.44. The first-order chi connectivity index (χ1) is 19.7. The summed E-state index contributed by atoms with van der Waals surface area (Å²) in [5.74, 6) is -3.76. The van der Waals surface area contributed by atoms with Crippen LogP contribution in [0.1, 0.15) is 50.0 Å². The molecule has 3 aromatic rings. The molecule has 3 heterocycles. The number of hydrogen-bond donors (Lipinski definition) is 2. The van der Waals surface area contributed by atoms with Gasteiger partial charge in [0.25, 0.3) is 17.7 Å². The van der Waals surface area contributed by atoms with Crippen molar-refractivity contribution in [2.45, 2.75) is 68.7 Å². The van der Waals surface area contributed by atoms with Crippen LogP contribution in [0.5, 0.6) is 0 Å². The van der Waals surface area contributed by atoms with E-state index in [9.17, 15) is 40.3 Å². The van der Waals surface area contributed by atoms with Gasteiger partial charge in [-0.05, 0) is 26.8 Å². The van der Waals surface area contributed by atoms with Gasteiger partial charge in [-0.3, -0.25) is 4.79 Å². The number of piperidine rings is 1. The molecule has 236 valence electrons. The second-order valence-electron chi connectivity index (χ2n) is 10.5. The molecule has 1 saturated heterocycles. The maximum Gasteiger partial charge on any atom is 0.404 e. The number of halogens is 7. The molecule has 1 atom stereocenters. The molecule has 43 heavy (non-hydrogen) atoms. The first-order valence-electron chi connectivity index (χ1n) is 12.5. The standard InChI is InChI=1S/C24H24Cl2F5N5O5S2/c1-11(24(29,30)31)35-43(39,40)13-5-4-12(15(25)16(13)26)18-17(21(37)36-8-6-23(27,28)7-9-36)32-20(42-18)19-34-33-14(41-19)10-22(2,3)38/h4-5,11,35,38H,6-10H2,1-3H3. The molecule has 1 unspecified atom stereocenters. The average Bonchev–Trinajstić information content (AvgIpc) is 3.50. The van der Waals surface area contributed by atoms with Crippen LogP contribution in [-0.4, -0.2) is 76.3 Å². The molecular formula is C24H24Cl2F5N5O5S2. The monoisotopic (exact) mass is 691 g/mol. The van der Waals surface area contributed by atoms with Gasteiger partial charge in [-0.1, -0.05) is 29.3 Å². The van der Waals surface area contributed by atoms with E-state index in [0.29, 0.717) is 6.92 Å². The third kappa shape index (κ3) is 7.62. The first kappa shape index (κ1) is 33.5. The Labute approximate surface area is 256 Å². The second kappa shape index (κ2) is 11.8. The predicted molar refractivity (Wildman–Crippen MR) is 147 cm³/mol. The zero-order chi connectivity index (χ0) is 32.1. The molecule has 4 rings (SSSR count). The molecule has 1 aliphatic rings. The van der Waals surface area contributed by atoms with Crippen LogP contribution in [0.2, 0.25) is 10.0 Å². The zero-order valence-corrected chi connectivity index (χ0v) is 25.7. The fourth-order valence-electron chi connectivity index (χ4n) is 3.99. The highest BCUT2D eigenvalue weighted by Gasteiger charge is 2.40. The highest BCUT2D eigenvalue weighted by atomic mass is 35.5. The van der Waals surface area contributed by atoms with Gasteiger partial charge in [0.1, 0.15) is 16.6 Å². The van der Waals surface area contributed by atoms with E-state index in [4.69, 9.17) is 27.6 Å². The van der Waals surface area contributed by atoms with E-state index in [-0.39, 0.29) is 52.4 Å². The maximum absolute atomic E-state index is 13.8. The highest BCUT2D eigenvalue weighted by molar-refractivity contribution is 7.89. The minimum atomic E-state index is -4.88. The number of carbonyl (C=O) groups is 1. The summed E-state index contributed by atoms with van der Waals surface area (Å²) < 4.78 is 99.0. The van der Waals surface area contributed by atoms with Crippen molar-refractivity contribution >= 4 is 50.5 Å². The Bertz CT molecular complexity index is 1630. The van der Waals surface area contributed by atoms with E-state index in [1.807, 2.05) is 0 Å². The molecule has 19 heteroatoms. The summed E-state index contributed by atoms with van der Waals surface area (Å²) in [7, 11) is -4.80. The molecule has 0 radical (unpaired) electrons. The summed E-state index contributed by atoms with van der Waals surface area (Å²) >= 11 is 13.5. The number of thiazole rings is 1. The lowest BCUT2D eigenvalue weighted by Gasteiger charge is -2.31. The van der Waals surface area contributed by atoms with Crippen LogP contribution < -0.4 is 4.72 Å². The van der Waals surface area contributed by atoms with Crippen molar-refractivity contribution < 1.29 is 44.7 Å². The summed E-state index contributed by atoms with van der Waals surface area (Å²) in [4.78, 5) is 18.3. The number of rotatable bonds is 8. The number of carbonyl (C=O) groups excluding carboxylic acids is 1. The Morgan fingerprint density at radius 3 is 2.40 bits per heavy atom. The second-order valence-corrected chi connectivity index (χ2v) is 13.9. The van der Waals surface area contributed by atoms with E-state index in [1.54, 1.807) is 0 Å². The first-order valence-corrected chi connectivity index (χ1v) is 15.5. The Balaban J connectivity index is 1.78. The number of sulfonamides is 1. The molecule has 1 fully saturated rings. The van der Waals surface area contributed by atoms with Crippen LogP contribution >= 0.6 is 34.5 Å². The fourth-order valence-corrected chi connectivity index (χ4v) is 7.15. The SMILES string of the molecule is CC(NS(=O)(=O)c1ccc(-c2sc(-c3nnc(CC(C)(C)O)o3)nc2C(=O)N2CCC(F)(F)CC2)c(Cl)c1Cl)C(F)(F)F. The topological polar surface area (TPSA) is 139 Å². The van der Waals surface area contributed by atoms with Gasteiger partial charge in [0, 0.05) is 31.5 Å². The van der Waals surface area contributed by atoms with Crippen molar-refractivity contribution in [1.29, 1.82) is 0 Å². The quantitative estimate of drug-likeness (QED) is 0.292. The van der Waals surface area contributed by atoms with Crippen molar-refractivity contribution in [3.8, 4) is 21.3 Å². The number of likely N-dealkylation sites (tertiary alicyclic amines) is 1. The molecule has 10 nitrogen and oxygen atoms in total. The Kier molecular flexibility index (Phi) is 9.19. The largest absolute Gasteiger partial charge is 0.419 e. The van der Waals surface area contributed by atoms with Gasteiger partial charge in [-0.2, -0.15) is 17.9 Å². The van der Waals surface area contributed by atoms with Gasteiger partial charge in [0.05, 0.1) is 26.9 Å². The number of benzene rings is 1. The van der Waals surface area contributed by atoms with E-state index < -0.39 is 67.5 Å². The number of hydrogen-bond acceptors (Lipinski definition) is 9. The number of aromatic nitrogens is 3. The number of aliphatic hydroxyl groups is 1. The molecule has 1 aromatic carbocycles.